The summed E-state index contributed by atoms with van der Waals surface area (Å²) >= 11 is 2.18. The highest BCUT2D eigenvalue weighted by atomic mass is 127. The molecule has 0 atom stereocenters. The SMILES string of the molecule is Cc1cc(I)ccc1NC(=O)/C=C/C(=O)O. The third-order valence-corrected chi connectivity index (χ3v) is 2.49. The van der Waals surface area contributed by atoms with Gasteiger partial charge in [0.15, 0.2) is 0 Å². The molecule has 0 saturated carbocycles. The number of anilines is 1. The van der Waals surface area contributed by atoms with Crippen LogP contribution in [0.25, 0.3) is 0 Å². The summed E-state index contributed by atoms with van der Waals surface area (Å²) in [5.41, 5.74) is 1.62. The number of carboxylic acid groups (broad SMARTS) is 1. The van der Waals surface area contributed by atoms with Gasteiger partial charge in [-0.2, -0.15) is 0 Å². The van der Waals surface area contributed by atoms with Crippen LogP contribution in [0.5, 0.6) is 0 Å². The normalized spacial score (nSPS) is 10.4. The Morgan fingerprint density at radius 1 is 1.38 bits per heavy atom. The van der Waals surface area contributed by atoms with E-state index in [0.29, 0.717) is 5.69 Å². The molecule has 0 aliphatic heterocycles. The number of carbonyl (C=O) groups is 2. The van der Waals surface area contributed by atoms with Gasteiger partial charge >= 0.3 is 5.97 Å². The fraction of sp³-hybridized carbons (Fsp3) is 0.0909. The van der Waals surface area contributed by atoms with E-state index in [1.54, 1.807) is 6.07 Å². The number of amides is 1. The van der Waals surface area contributed by atoms with Crippen molar-refractivity contribution >= 4 is 40.2 Å². The summed E-state index contributed by atoms with van der Waals surface area (Å²) in [6.45, 7) is 1.87. The maximum absolute atomic E-state index is 11.3. The van der Waals surface area contributed by atoms with E-state index in [9.17, 15) is 9.59 Å². The largest absolute Gasteiger partial charge is 0.478 e. The van der Waals surface area contributed by atoms with E-state index in [1.807, 2.05) is 19.1 Å². The van der Waals surface area contributed by atoms with Gasteiger partial charge in [0.1, 0.15) is 0 Å². The molecule has 1 rings (SSSR count). The number of rotatable bonds is 3. The summed E-state index contributed by atoms with van der Waals surface area (Å²) < 4.78 is 1.08. The first-order valence-corrected chi connectivity index (χ1v) is 5.55. The van der Waals surface area contributed by atoms with Crippen molar-refractivity contribution in [2.24, 2.45) is 0 Å². The summed E-state index contributed by atoms with van der Waals surface area (Å²) in [6, 6.07) is 5.57. The van der Waals surface area contributed by atoms with E-state index < -0.39 is 11.9 Å². The number of nitrogens with one attached hydrogen (secondary N) is 1. The molecule has 0 aromatic heterocycles. The highest BCUT2D eigenvalue weighted by molar-refractivity contribution is 14.1. The van der Waals surface area contributed by atoms with Crippen LogP contribution >= 0.6 is 22.6 Å². The van der Waals surface area contributed by atoms with Crippen LogP contribution in [0.15, 0.2) is 30.4 Å². The van der Waals surface area contributed by atoms with Crippen molar-refractivity contribution in [2.45, 2.75) is 6.92 Å². The van der Waals surface area contributed by atoms with E-state index in [-0.39, 0.29) is 0 Å². The van der Waals surface area contributed by atoms with E-state index >= 15 is 0 Å². The number of hydrogen-bond donors (Lipinski definition) is 2. The molecule has 0 aliphatic carbocycles. The molecule has 4 nitrogen and oxygen atoms in total. The molecule has 2 N–H and O–H groups in total. The average Bonchev–Trinajstić information content (AvgIpc) is 2.19. The number of aliphatic carboxylic acids is 1. The van der Waals surface area contributed by atoms with Crippen LogP contribution in [0, 0.1) is 10.5 Å². The summed E-state index contributed by atoms with van der Waals surface area (Å²) in [7, 11) is 0. The number of carboxylic acids is 1. The monoisotopic (exact) mass is 331 g/mol. The van der Waals surface area contributed by atoms with Crippen LogP contribution in [-0.4, -0.2) is 17.0 Å². The van der Waals surface area contributed by atoms with Gasteiger partial charge in [-0.05, 0) is 53.3 Å². The second-order valence-electron chi connectivity index (χ2n) is 3.12. The minimum atomic E-state index is -1.14. The highest BCUT2D eigenvalue weighted by Gasteiger charge is 2.02. The Kier molecular flexibility index (Phi) is 4.48. The van der Waals surface area contributed by atoms with E-state index in [2.05, 4.69) is 27.9 Å². The molecule has 16 heavy (non-hydrogen) atoms. The number of halogens is 1. The molecule has 0 bridgehead atoms. The summed E-state index contributed by atoms with van der Waals surface area (Å²) in [6.07, 6.45) is 1.79. The molecule has 1 amide bonds. The van der Waals surface area contributed by atoms with Crippen LogP contribution in [0.2, 0.25) is 0 Å². The molecule has 1 aromatic rings. The minimum Gasteiger partial charge on any atom is -0.478 e. The lowest BCUT2D eigenvalue weighted by atomic mass is 10.2. The molecule has 0 unspecified atom stereocenters. The topological polar surface area (TPSA) is 66.4 Å². The molecule has 5 heteroatoms. The molecule has 1 aromatic carbocycles. The maximum atomic E-state index is 11.3. The molecule has 0 aliphatic rings. The zero-order chi connectivity index (χ0) is 12.1. The van der Waals surface area contributed by atoms with Crippen LogP contribution < -0.4 is 5.32 Å². The predicted octanol–water partition coefficient (Wildman–Crippen LogP) is 2.18. The lowest BCUT2D eigenvalue weighted by Crippen LogP contribution is -2.09. The Hall–Kier alpha value is -1.37. The molecule has 0 heterocycles. The Bertz CT molecular complexity index is 455. The van der Waals surface area contributed by atoms with Gasteiger partial charge in [0, 0.05) is 21.4 Å². The minimum absolute atomic E-state index is 0.452. The van der Waals surface area contributed by atoms with Crippen LogP contribution in [-0.2, 0) is 9.59 Å². The predicted molar refractivity (Wildman–Crippen MR) is 69.3 cm³/mol. The molecule has 0 saturated heterocycles. The number of hydrogen-bond acceptors (Lipinski definition) is 2. The van der Waals surface area contributed by atoms with E-state index in [1.165, 1.54) is 0 Å². The smallest absolute Gasteiger partial charge is 0.328 e. The van der Waals surface area contributed by atoms with Crippen molar-refractivity contribution in [2.75, 3.05) is 5.32 Å². The van der Waals surface area contributed by atoms with E-state index in [4.69, 9.17) is 5.11 Å². The van der Waals surface area contributed by atoms with E-state index in [0.717, 1.165) is 21.3 Å². The first-order valence-electron chi connectivity index (χ1n) is 4.47. The fourth-order valence-electron chi connectivity index (χ4n) is 1.09. The third-order valence-electron chi connectivity index (χ3n) is 1.82. The van der Waals surface area contributed by atoms with Gasteiger partial charge in [0.05, 0.1) is 0 Å². The number of carbonyl (C=O) groups excluding carboxylic acids is 1. The standard InChI is InChI=1S/C11H10INO3/c1-7-6-8(12)2-3-9(7)13-10(14)4-5-11(15)16/h2-6H,1H3,(H,13,14)(H,15,16)/b5-4+. The summed E-state index contributed by atoms with van der Waals surface area (Å²) in [5, 5.41) is 11.0. The summed E-state index contributed by atoms with van der Waals surface area (Å²) in [5.74, 6) is -1.60. The quantitative estimate of drug-likeness (QED) is 0.659. The average molecular weight is 331 g/mol. The lowest BCUT2D eigenvalue weighted by Gasteiger charge is -2.06. The second-order valence-corrected chi connectivity index (χ2v) is 4.37. The lowest BCUT2D eigenvalue weighted by molar-refractivity contribution is -0.131. The van der Waals surface area contributed by atoms with Gasteiger partial charge < -0.3 is 10.4 Å². The van der Waals surface area contributed by atoms with Crippen LogP contribution in [0.1, 0.15) is 5.56 Å². The highest BCUT2D eigenvalue weighted by Crippen LogP contribution is 2.17. The second kappa shape index (κ2) is 5.64. The Morgan fingerprint density at radius 3 is 2.62 bits per heavy atom. The van der Waals surface area contributed by atoms with Crippen molar-refractivity contribution < 1.29 is 14.7 Å². The van der Waals surface area contributed by atoms with Crippen molar-refractivity contribution in [3.63, 3.8) is 0 Å². The fourth-order valence-corrected chi connectivity index (χ4v) is 1.74. The molecule has 0 spiro atoms. The first kappa shape index (κ1) is 12.7. The van der Waals surface area contributed by atoms with Crippen molar-refractivity contribution in [1.82, 2.24) is 0 Å². The first-order chi connectivity index (χ1) is 7.49. The summed E-state index contributed by atoms with van der Waals surface area (Å²) in [4.78, 5) is 21.5. The Balaban J connectivity index is 2.73. The zero-order valence-corrected chi connectivity index (χ0v) is 10.7. The molecular formula is C11H10INO3. The van der Waals surface area contributed by atoms with Gasteiger partial charge in [-0.3, -0.25) is 4.79 Å². The van der Waals surface area contributed by atoms with Crippen molar-refractivity contribution in [3.05, 3.63) is 39.5 Å². The van der Waals surface area contributed by atoms with Gasteiger partial charge in [-0.25, -0.2) is 4.79 Å². The number of benzene rings is 1. The Morgan fingerprint density at radius 2 is 2.06 bits per heavy atom. The van der Waals surface area contributed by atoms with Crippen LogP contribution in [0.3, 0.4) is 0 Å². The molecular weight excluding hydrogens is 321 g/mol. The molecule has 0 radical (unpaired) electrons. The van der Waals surface area contributed by atoms with Crippen LogP contribution in [0.4, 0.5) is 5.69 Å². The third kappa shape index (κ3) is 4.01. The Labute approximate surface area is 106 Å². The zero-order valence-electron chi connectivity index (χ0n) is 8.53. The van der Waals surface area contributed by atoms with Gasteiger partial charge in [-0.15, -0.1) is 0 Å². The van der Waals surface area contributed by atoms with Crippen molar-refractivity contribution in [3.8, 4) is 0 Å². The maximum Gasteiger partial charge on any atom is 0.328 e. The van der Waals surface area contributed by atoms with Gasteiger partial charge in [0.2, 0.25) is 5.91 Å². The van der Waals surface area contributed by atoms with Gasteiger partial charge in [-0.1, -0.05) is 0 Å². The number of aryl methyl sites for hydroxylation is 1. The molecule has 84 valence electrons. The van der Waals surface area contributed by atoms with Gasteiger partial charge in [0.25, 0.3) is 0 Å². The van der Waals surface area contributed by atoms with Crippen molar-refractivity contribution in [1.29, 1.82) is 0 Å². The molecule has 0 fully saturated rings.